The zero-order valence-electron chi connectivity index (χ0n) is 55.5. The van der Waals surface area contributed by atoms with Crippen LogP contribution in [0, 0.1) is 0 Å². The molecule has 0 saturated carbocycles. The molecular weight excluding hydrogens is 1290 g/mol. The first kappa shape index (κ1) is 63.2. The summed E-state index contributed by atoms with van der Waals surface area (Å²) in [5, 5.41) is 12.4. The second kappa shape index (κ2) is 25.4. The molecule has 12 aromatic carbocycles. The molecule has 17 nitrogen and oxygen atoms in total. The summed E-state index contributed by atoms with van der Waals surface area (Å²) in [4.78, 5) is 77.4. The van der Waals surface area contributed by atoms with Crippen LogP contribution in [0.1, 0.15) is 38.9 Å². The zero-order valence-corrected chi connectivity index (χ0v) is 55.5. The Morgan fingerprint density at radius 2 is 0.578 bits per heavy atom. The second-order valence-corrected chi connectivity index (χ2v) is 24.3. The lowest BCUT2D eigenvalue weighted by Gasteiger charge is -2.09. The highest BCUT2D eigenvalue weighted by molar-refractivity contribution is 6.32. The third kappa shape index (κ3) is 10.3. The minimum atomic E-state index is -0.477. The average Bonchev–Trinajstić information content (AvgIpc) is 1.58. The molecule has 0 atom stereocenters. The molecule has 5 aliphatic heterocycles. The zero-order chi connectivity index (χ0) is 70.2. The molecule has 1 amide bonds. The fourth-order valence-corrected chi connectivity index (χ4v) is 14.4. The smallest absolute Gasteiger partial charge is 0.344 e. The molecule has 0 spiro atoms. The number of benzene rings is 12. The summed E-state index contributed by atoms with van der Waals surface area (Å²) in [7, 11) is 9.28. The number of anilines is 1. The van der Waals surface area contributed by atoms with Gasteiger partial charge in [0.15, 0.2) is 40.3 Å². The molecule has 0 bridgehead atoms. The van der Waals surface area contributed by atoms with Crippen molar-refractivity contribution in [2.75, 3.05) is 48.0 Å². The van der Waals surface area contributed by atoms with Crippen LogP contribution in [0.2, 0.25) is 0 Å². The average molecular weight is 1350 g/mol. The molecule has 0 fully saturated rings. The Bertz CT molecular complexity index is 5890. The van der Waals surface area contributed by atoms with Crippen LogP contribution in [0.5, 0.6) is 57.5 Å². The Morgan fingerprint density at radius 1 is 0.275 bits per heavy atom. The quantitative estimate of drug-likeness (QED) is 0.0893. The first-order chi connectivity index (χ1) is 49.8. The van der Waals surface area contributed by atoms with E-state index in [4.69, 9.17) is 47.4 Å². The Kier molecular flexibility index (Phi) is 15.7. The summed E-state index contributed by atoms with van der Waals surface area (Å²) >= 11 is 0. The van der Waals surface area contributed by atoms with Gasteiger partial charge in [-0.15, -0.1) is 0 Å². The number of ketones is 1. The number of nitrogens with one attached hydrogen (secondary N) is 1. The van der Waals surface area contributed by atoms with Gasteiger partial charge in [-0.3, -0.25) is 9.59 Å². The second-order valence-electron chi connectivity index (χ2n) is 24.3. The van der Waals surface area contributed by atoms with Crippen LogP contribution in [0.3, 0.4) is 0 Å². The molecule has 5 heterocycles. The van der Waals surface area contributed by atoms with Crippen LogP contribution in [0.4, 0.5) is 5.69 Å². The van der Waals surface area contributed by atoms with Gasteiger partial charge in [-0.1, -0.05) is 133 Å². The molecule has 102 heavy (non-hydrogen) atoms. The maximum absolute atomic E-state index is 13.0. The first-order valence-electron chi connectivity index (χ1n) is 32.4. The topological polar surface area (TPSA) is 207 Å². The van der Waals surface area contributed by atoms with Gasteiger partial charge in [-0.2, -0.15) is 0 Å². The van der Waals surface area contributed by atoms with Crippen molar-refractivity contribution < 1.29 is 76.1 Å². The fraction of sp³-hybridized carbons (Fsp3) is 0.0824. The van der Waals surface area contributed by atoms with Crippen LogP contribution >= 0.6 is 0 Å². The lowest BCUT2D eigenvalue weighted by Crippen LogP contribution is -2.10. The van der Waals surface area contributed by atoms with E-state index in [2.05, 4.69) is 11.4 Å². The van der Waals surface area contributed by atoms with Crippen LogP contribution in [-0.4, -0.2) is 78.2 Å². The van der Waals surface area contributed by atoms with Crippen LogP contribution < -0.4 is 84.0 Å². The number of ether oxygens (including phenoxy) is 10. The maximum atomic E-state index is 13.0. The molecular formula is C85H57NO16. The van der Waals surface area contributed by atoms with Gasteiger partial charge in [-0.05, 0) is 134 Å². The summed E-state index contributed by atoms with van der Waals surface area (Å²) in [6.07, 6.45) is 0.388. The number of methoxy groups -OCH3 is 6. The molecule has 498 valence electrons. The normalized spacial score (nSPS) is 14.1. The monoisotopic (exact) mass is 1350 g/mol. The molecule has 18 rings (SSSR count). The van der Waals surface area contributed by atoms with Gasteiger partial charge in [0.05, 0.1) is 76.2 Å². The third-order valence-corrected chi connectivity index (χ3v) is 19.0. The highest BCUT2D eigenvalue weighted by atomic mass is 16.6. The standard InChI is InChI=1S/C30H22O8.C28H18O6.C27H17NO2/c1-33-21-11-5-15(13-23(21)35-3)25-19-9-7-18-17(27(19)37-29(25)31)8-10-20-26(30(32)38-28(18)20)16-6-12-22(34-2)24(14-16)36-4;1-31-21-13-8-16(14-22(21)32-2)24-20-12-10-17-18(26(20)34-28(24)30)9-11-19-23(27(29)33-25(17)19)15-6-4-3-5-7-15;29-23-15-22-18-11-14-21-25(17-9-5-2-6-10-17)27(30)28-26(21)20(18)13-12-19(22)24(23)16-7-3-1-4-8-16/h5-14H,1-4H3;3-14H,1-2H3;1-14H,15H2,(H,28,30). The Labute approximate surface area is 580 Å². The maximum Gasteiger partial charge on any atom is 0.344 e. The first-order valence-corrected chi connectivity index (χ1v) is 32.4. The van der Waals surface area contributed by atoms with Crippen LogP contribution in [0.25, 0.3) is 65.8 Å². The molecule has 0 aromatic heterocycles. The molecule has 0 radical (unpaired) electrons. The van der Waals surface area contributed by atoms with E-state index >= 15 is 0 Å². The van der Waals surface area contributed by atoms with Gasteiger partial charge in [-0.25, -0.2) is 19.2 Å². The van der Waals surface area contributed by atoms with E-state index < -0.39 is 23.9 Å². The van der Waals surface area contributed by atoms with Gasteiger partial charge in [0, 0.05) is 65.0 Å². The highest BCUT2D eigenvalue weighted by Crippen LogP contribution is 2.41. The molecule has 12 aromatic rings. The van der Waals surface area contributed by atoms with Gasteiger partial charge in [0.25, 0.3) is 5.91 Å². The van der Waals surface area contributed by atoms with Gasteiger partial charge >= 0.3 is 23.9 Å². The predicted octanol–water partition coefficient (Wildman–Crippen LogP) is 9.52. The van der Waals surface area contributed by atoms with Gasteiger partial charge in [0.2, 0.25) is 0 Å². The molecule has 17 heteroatoms. The predicted molar refractivity (Wildman–Crippen MR) is 382 cm³/mol. The number of hydrogen-bond donors (Lipinski definition) is 1. The number of rotatable bonds is 12. The lowest BCUT2D eigenvalue weighted by molar-refractivity contribution is -0.128. The van der Waals surface area contributed by atoms with E-state index in [9.17, 15) is 28.8 Å². The summed E-state index contributed by atoms with van der Waals surface area (Å²) in [5.41, 5.74) is 9.74. The Hall–Kier alpha value is -13.5. The van der Waals surface area contributed by atoms with Crippen molar-refractivity contribution in [3.05, 3.63) is 289 Å². The fourth-order valence-electron chi connectivity index (χ4n) is 14.4. The van der Waals surface area contributed by atoms with Crippen molar-refractivity contribution >= 4 is 107 Å². The van der Waals surface area contributed by atoms with Crippen molar-refractivity contribution in [1.82, 2.24) is 0 Å². The van der Waals surface area contributed by atoms with Crippen molar-refractivity contribution in [1.29, 1.82) is 0 Å². The molecule has 1 N–H and O–H groups in total. The van der Waals surface area contributed by atoms with E-state index in [1.807, 2.05) is 146 Å². The van der Waals surface area contributed by atoms with E-state index in [0.29, 0.717) is 146 Å². The molecule has 0 unspecified atom stereocenters. The number of esters is 4. The number of Topliss-reactive ketones (excluding diaryl/α,β-unsaturated/α-hetero) is 1. The number of hydrogen-bond acceptors (Lipinski definition) is 16. The molecule has 0 saturated heterocycles. The number of amides is 1. The van der Waals surface area contributed by atoms with Crippen LogP contribution in [0.15, 0.2) is 218 Å². The SMILES string of the molecule is COc1ccc(C2=c3ccc4c5c(ccc4c3OC2=O)=C(c2ccc(OC)c(OC)c2)C(=O)O5)cc1OC.COc1ccc(C2=c3ccc4c5c(ccc4c3OC2=O)=C(c2ccccc2)C(=O)O5)cc1OC.O=C1Cc2c(ccc3c4c(ccc23)=C(c2ccccc2)C(=O)N4)=C1c1ccccc1. The third-order valence-electron chi connectivity index (χ3n) is 19.0. The van der Waals surface area contributed by atoms with E-state index in [1.54, 1.807) is 95.2 Å². The van der Waals surface area contributed by atoms with Crippen molar-refractivity contribution in [3.8, 4) is 57.5 Å². The Balaban J connectivity index is 0.000000119. The van der Waals surface area contributed by atoms with Crippen molar-refractivity contribution in [2.45, 2.75) is 6.42 Å². The summed E-state index contributed by atoms with van der Waals surface area (Å²) in [6.45, 7) is 0. The van der Waals surface area contributed by atoms with E-state index in [1.165, 1.54) is 14.2 Å². The molecule has 6 aliphatic rings. The minimum absolute atomic E-state index is 0.0863. The van der Waals surface area contributed by atoms with Gasteiger partial charge in [0.1, 0.15) is 23.0 Å². The number of carbonyl (C=O) groups excluding carboxylic acids is 6. The van der Waals surface area contributed by atoms with Crippen molar-refractivity contribution in [3.63, 3.8) is 0 Å². The summed E-state index contributed by atoms with van der Waals surface area (Å²) in [5.74, 6) is 3.19. The lowest BCUT2D eigenvalue weighted by atomic mass is 9.98. The summed E-state index contributed by atoms with van der Waals surface area (Å²) < 4.78 is 55.1. The Morgan fingerprint density at radius 3 is 0.941 bits per heavy atom. The largest absolute Gasteiger partial charge is 0.493 e. The van der Waals surface area contributed by atoms with E-state index in [0.717, 1.165) is 59.9 Å². The van der Waals surface area contributed by atoms with Crippen LogP contribution in [-0.2, 0) is 35.2 Å². The number of fused-ring (bicyclic) bond motifs is 15. The number of carbonyl (C=O) groups is 6. The van der Waals surface area contributed by atoms with Gasteiger partial charge < -0.3 is 52.7 Å². The van der Waals surface area contributed by atoms with Crippen molar-refractivity contribution in [2.24, 2.45) is 0 Å². The minimum Gasteiger partial charge on any atom is -0.493 e. The van der Waals surface area contributed by atoms with E-state index in [-0.39, 0.29) is 11.7 Å². The molecule has 1 aliphatic carbocycles. The summed E-state index contributed by atoms with van der Waals surface area (Å²) in [6, 6.07) is 67.6. The highest BCUT2D eigenvalue weighted by Gasteiger charge is 2.35.